The molecule has 0 aliphatic carbocycles. The molecule has 1 fully saturated rings. The third kappa shape index (κ3) is 5.50. The summed E-state index contributed by atoms with van der Waals surface area (Å²) in [7, 11) is 0. The fourth-order valence-corrected chi connectivity index (χ4v) is 2.83. The number of rotatable bonds is 7. The van der Waals surface area contributed by atoms with E-state index >= 15 is 0 Å². The van der Waals surface area contributed by atoms with Gasteiger partial charge in [-0.05, 0) is 18.6 Å². The minimum absolute atomic E-state index is 0.341. The second-order valence-corrected chi connectivity index (χ2v) is 5.61. The Morgan fingerprint density at radius 3 is 2.74 bits per heavy atom. The molecule has 5 heteroatoms. The van der Waals surface area contributed by atoms with Crippen LogP contribution >= 0.6 is 11.8 Å². The van der Waals surface area contributed by atoms with E-state index in [2.05, 4.69) is 47.2 Å². The molecular formula is C14H22N3OS. The second-order valence-electron chi connectivity index (χ2n) is 4.51. The van der Waals surface area contributed by atoms with Crippen molar-refractivity contribution in [3.05, 3.63) is 30.3 Å². The number of ether oxygens (including phenoxy) is 1. The number of benzene rings is 1. The van der Waals surface area contributed by atoms with E-state index < -0.39 is 0 Å². The molecule has 1 N–H and O–H groups in total. The first-order chi connectivity index (χ1) is 9.38. The molecule has 19 heavy (non-hydrogen) atoms. The van der Waals surface area contributed by atoms with Crippen LogP contribution in [0.2, 0.25) is 0 Å². The molecule has 0 saturated carbocycles. The summed E-state index contributed by atoms with van der Waals surface area (Å²) in [6.45, 7) is 5.58. The highest BCUT2D eigenvalue weighted by Gasteiger charge is 2.13. The summed E-state index contributed by atoms with van der Waals surface area (Å²) in [6.07, 6.45) is 1.05. The predicted octanol–water partition coefficient (Wildman–Crippen LogP) is 1.91. The van der Waals surface area contributed by atoms with Gasteiger partial charge in [0, 0.05) is 23.7 Å². The molecule has 1 unspecified atom stereocenters. The molecule has 1 aliphatic heterocycles. The Balaban J connectivity index is 1.67. The van der Waals surface area contributed by atoms with Gasteiger partial charge in [-0.1, -0.05) is 25.1 Å². The number of hydrogen-bond acceptors (Lipinski definition) is 4. The summed E-state index contributed by atoms with van der Waals surface area (Å²) in [5, 5.41) is 2.12. The van der Waals surface area contributed by atoms with E-state index in [1.807, 2.05) is 17.8 Å². The zero-order valence-corrected chi connectivity index (χ0v) is 12.2. The smallest absolute Gasteiger partial charge is 0.0608 e. The van der Waals surface area contributed by atoms with Crippen LogP contribution in [0.5, 0.6) is 0 Å². The van der Waals surface area contributed by atoms with Crippen LogP contribution in [0.1, 0.15) is 13.3 Å². The highest BCUT2D eigenvalue weighted by Crippen LogP contribution is 2.18. The van der Waals surface area contributed by atoms with Crippen molar-refractivity contribution < 1.29 is 4.74 Å². The van der Waals surface area contributed by atoms with Crippen LogP contribution in [0.3, 0.4) is 0 Å². The van der Waals surface area contributed by atoms with Gasteiger partial charge in [0.15, 0.2) is 0 Å². The number of nitrogens with one attached hydrogen (secondary N) is 1. The van der Waals surface area contributed by atoms with E-state index in [-0.39, 0.29) is 0 Å². The maximum Gasteiger partial charge on any atom is 0.0608 e. The van der Waals surface area contributed by atoms with Crippen molar-refractivity contribution in [2.45, 2.75) is 24.3 Å². The Morgan fingerprint density at radius 2 is 2.05 bits per heavy atom. The zero-order chi connectivity index (χ0) is 13.3. The fraction of sp³-hybridized carbons (Fsp3) is 0.571. The molecular weight excluding hydrogens is 258 g/mol. The number of hydrazine groups is 1. The van der Waals surface area contributed by atoms with Crippen LogP contribution in [-0.4, -0.2) is 43.1 Å². The summed E-state index contributed by atoms with van der Waals surface area (Å²) >= 11 is 1.86. The Kier molecular flexibility index (Phi) is 6.67. The first-order valence-corrected chi connectivity index (χ1v) is 7.83. The quantitative estimate of drug-likeness (QED) is 0.612. The largest absolute Gasteiger partial charge is 0.379 e. The molecule has 1 radical (unpaired) electrons. The molecule has 105 valence electrons. The lowest BCUT2D eigenvalue weighted by atomic mass is 10.3. The lowest BCUT2D eigenvalue weighted by Gasteiger charge is -2.28. The van der Waals surface area contributed by atoms with Crippen molar-refractivity contribution in [2.75, 3.05) is 32.1 Å². The molecule has 0 bridgehead atoms. The SMILES string of the molecule is CCC(CSc1ccccc1)[N]NN1CCOCC1. The topological polar surface area (TPSA) is 38.6 Å². The monoisotopic (exact) mass is 280 g/mol. The predicted molar refractivity (Wildman–Crippen MR) is 78.9 cm³/mol. The first kappa shape index (κ1) is 14.8. The Morgan fingerprint density at radius 1 is 1.32 bits per heavy atom. The second kappa shape index (κ2) is 8.55. The summed E-state index contributed by atoms with van der Waals surface area (Å²) in [6, 6.07) is 10.8. The molecule has 0 aromatic heterocycles. The fourth-order valence-electron chi connectivity index (χ4n) is 1.78. The molecule has 1 aliphatic rings. The zero-order valence-electron chi connectivity index (χ0n) is 11.4. The van der Waals surface area contributed by atoms with Crippen LogP contribution < -0.4 is 11.0 Å². The average Bonchev–Trinajstić information content (AvgIpc) is 2.49. The highest BCUT2D eigenvalue weighted by molar-refractivity contribution is 7.99. The maximum atomic E-state index is 5.31. The van der Waals surface area contributed by atoms with E-state index in [1.165, 1.54) is 4.90 Å². The molecule has 4 nitrogen and oxygen atoms in total. The molecule has 1 heterocycles. The molecule has 0 amide bonds. The minimum Gasteiger partial charge on any atom is -0.379 e. The van der Waals surface area contributed by atoms with Gasteiger partial charge in [-0.25, -0.2) is 5.01 Å². The van der Waals surface area contributed by atoms with Crippen molar-refractivity contribution in [3.63, 3.8) is 0 Å². The number of thioether (sulfide) groups is 1. The van der Waals surface area contributed by atoms with Crippen LogP contribution in [0.4, 0.5) is 0 Å². The maximum absolute atomic E-state index is 5.31. The number of hydrogen-bond donors (Lipinski definition) is 1. The average molecular weight is 280 g/mol. The Hall–Kier alpha value is -0.590. The molecule has 1 aromatic rings. The van der Waals surface area contributed by atoms with Gasteiger partial charge in [0.25, 0.3) is 0 Å². The lowest BCUT2D eigenvalue weighted by Crippen LogP contribution is -2.51. The molecule has 1 saturated heterocycles. The van der Waals surface area contributed by atoms with E-state index in [9.17, 15) is 0 Å². The molecule has 0 spiro atoms. The van der Waals surface area contributed by atoms with Gasteiger partial charge in [0.2, 0.25) is 0 Å². The van der Waals surface area contributed by atoms with Crippen LogP contribution in [-0.2, 0) is 4.74 Å². The lowest BCUT2D eigenvalue weighted by molar-refractivity contribution is -0.00248. The molecule has 2 rings (SSSR count). The highest BCUT2D eigenvalue weighted by atomic mass is 32.2. The normalized spacial score (nSPS) is 18.4. The number of nitrogens with zero attached hydrogens (tertiary/aromatic N) is 2. The third-order valence-electron chi connectivity index (χ3n) is 3.05. The van der Waals surface area contributed by atoms with Crippen LogP contribution in [0, 0.1) is 0 Å². The van der Waals surface area contributed by atoms with Crippen molar-refractivity contribution in [1.82, 2.24) is 16.0 Å². The van der Waals surface area contributed by atoms with Gasteiger partial charge in [0.1, 0.15) is 0 Å². The van der Waals surface area contributed by atoms with Gasteiger partial charge in [-0.3, -0.25) is 0 Å². The van der Waals surface area contributed by atoms with Gasteiger partial charge in [0.05, 0.1) is 19.3 Å². The third-order valence-corrected chi connectivity index (χ3v) is 4.21. The van der Waals surface area contributed by atoms with Gasteiger partial charge in [-0.15, -0.1) is 17.2 Å². The van der Waals surface area contributed by atoms with Gasteiger partial charge in [-0.2, -0.15) is 5.53 Å². The summed E-state index contributed by atoms with van der Waals surface area (Å²) in [4.78, 5) is 1.31. The standard InChI is InChI=1S/C14H22N3OS/c1-2-13(12-19-14-6-4-3-5-7-14)15-16-17-8-10-18-11-9-17/h3-7,13,16H,2,8-12H2,1H3. The van der Waals surface area contributed by atoms with Crippen LogP contribution in [0.25, 0.3) is 0 Å². The van der Waals surface area contributed by atoms with Gasteiger partial charge < -0.3 is 4.74 Å². The first-order valence-electron chi connectivity index (χ1n) is 6.84. The van der Waals surface area contributed by atoms with Crippen molar-refractivity contribution in [3.8, 4) is 0 Å². The minimum atomic E-state index is 0.341. The Labute approximate surface area is 119 Å². The van der Waals surface area contributed by atoms with E-state index in [0.29, 0.717) is 6.04 Å². The molecule has 1 atom stereocenters. The summed E-state index contributed by atoms with van der Waals surface area (Å²) in [5.74, 6) is 1.01. The van der Waals surface area contributed by atoms with Crippen molar-refractivity contribution in [2.24, 2.45) is 0 Å². The van der Waals surface area contributed by atoms with Crippen molar-refractivity contribution in [1.29, 1.82) is 0 Å². The van der Waals surface area contributed by atoms with E-state index in [4.69, 9.17) is 4.74 Å². The Bertz CT molecular complexity index is 344. The summed E-state index contributed by atoms with van der Waals surface area (Å²) < 4.78 is 5.31. The van der Waals surface area contributed by atoms with E-state index in [1.54, 1.807) is 0 Å². The van der Waals surface area contributed by atoms with E-state index in [0.717, 1.165) is 38.5 Å². The number of morpholine rings is 1. The van der Waals surface area contributed by atoms with Crippen molar-refractivity contribution >= 4 is 11.8 Å². The molecule has 1 aromatic carbocycles. The van der Waals surface area contributed by atoms with Crippen LogP contribution in [0.15, 0.2) is 35.2 Å². The van der Waals surface area contributed by atoms with Gasteiger partial charge >= 0.3 is 0 Å². The summed E-state index contributed by atoms with van der Waals surface area (Å²) in [5.41, 5.74) is 7.75.